The van der Waals surface area contributed by atoms with Crippen molar-refractivity contribution in [3.8, 4) is 5.75 Å². The van der Waals surface area contributed by atoms with Gasteiger partial charge in [0.1, 0.15) is 5.69 Å². The Kier molecular flexibility index (Phi) is 3.36. The van der Waals surface area contributed by atoms with Crippen LogP contribution in [0.2, 0.25) is 0 Å². The molecule has 3 aromatic carbocycles. The Balaban J connectivity index is 1.71. The third-order valence-electron chi connectivity index (χ3n) is 6.41. The van der Waals surface area contributed by atoms with Gasteiger partial charge < -0.3 is 14.5 Å². The Hall–Kier alpha value is -3.01. The molecule has 2 aliphatic heterocycles. The first-order chi connectivity index (χ1) is 13.3. The van der Waals surface area contributed by atoms with E-state index in [0.29, 0.717) is 0 Å². The zero-order valence-corrected chi connectivity index (χ0v) is 17.0. The van der Waals surface area contributed by atoms with Crippen LogP contribution < -0.4 is 14.5 Å². The summed E-state index contributed by atoms with van der Waals surface area (Å²) in [4.78, 5) is 9.17. The van der Waals surface area contributed by atoms with Crippen molar-refractivity contribution in [1.29, 1.82) is 0 Å². The minimum atomic E-state index is -0.669. The van der Waals surface area contributed by atoms with E-state index in [1.165, 1.54) is 22.0 Å². The number of anilines is 2. The highest BCUT2D eigenvalue weighted by molar-refractivity contribution is 6.01. The van der Waals surface area contributed by atoms with Crippen molar-refractivity contribution in [3.05, 3.63) is 60.2 Å². The van der Waals surface area contributed by atoms with Gasteiger partial charge in [0.15, 0.2) is 5.75 Å². The number of hydrogen-bond donors (Lipinski definition) is 0. The number of benzene rings is 3. The molecule has 0 bridgehead atoms. The highest BCUT2D eigenvalue weighted by Gasteiger charge is 2.59. The molecule has 0 amide bonds. The Morgan fingerprint density at radius 2 is 1.79 bits per heavy atom. The molecule has 0 aliphatic carbocycles. The molecule has 1 spiro atoms. The molecular weight excluding hydrogens is 346 g/mol. The van der Waals surface area contributed by atoms with Crippen molar-refractivity contribution in [2.24, 2.45) is 4.99 Å². The molecule has 2 heterocycles. The maximum Gasteiger partial charge on any atom is 0.228 e. The number of likely N-dealkylation sites (N-methyl/N-ethyl adjacent to an activating group) is 1. The van der Waals surface area contributed by atoms with Crippen molar-refractivity contribution >= 4 is 34.0 Å². The molecule has 142 valence electrons. The van der Waals surface area contributed by atoms with Crippen molar-refractivity contribution in [1.82, 2.24) is 0 Å². The Morgan fingerprint density at radius 1 is 1.00 bits per heavy atom. The molecule has 1 atom stereocenters. The van der Waals surface area contributed by atoms with Crippen LogP contribution in [0.4, 0.5) is 17.1 Å². The van der Waals surface area contributed by atoms with Gasteiger partial charge in [-0.1, -0.05) is 36.4 Å². The van der Waals surface area contributed by atoms with Crippen LogP contribution in [0.25, 0.3) is 10.8 Å². The van der Waals surface area contributed by atoms with Gasteiger partial charge in [-0.25, -0.2) is 0 Å². The quantitative estimate of drug-likeness (QED) is 0.594. The van der Waals surface area contributed by atoms with Gasteiger partial charge in [0, 0.05) is 38.3 Å². The summed E-state index contributed by atoms with van der Waals surface area (Å²) in [5.41, 5.74) is 3.55. The van der Waals surface area contributed by atoms with Crippen molar-refractivity contribution < 1.29 is 4.74 Å². The molecule has 1 unspecified atom stereocenters. The van der Waals surface area contributed by atoms with Gasteiger partial charge in [0.05, 0.1) is 17.3 Å². The maximum absolute atomic E-state index is 6.78. The monoisotopic (exact) mass is 371 g/mol. The van der Waals surface area contributed by atoms with Crippen LogP contribution >= 0.6 is 0 Å². The summed E-state index contributed by atoms with van der Waals surface area (Å²) in [6.07, 6.45) is 1.99. The van der Waals surface area contributed by atoms with Crippen molar-refractivity contribution in [2.75, 3.05) is 30.9 Å². The summed E-state index contributed by atoms with van der Waals surface area (Å²) < 4.78 is 6.78. The Labute approximate surface area is 166 Å². The number of ether oxygens (including phenoxy) is 1. The molecule has 4 heteroatoms. The predicted octanol–water partition coefficient (Wildman–Crippen LogP) is 5.12. The van der Waals surface area contributed by atoms with Crippen LogP contribution in [0.5, 0.6) is 5.75 Å². The van der Waals surface area contributed by atoms with Gasteiger partial charge in [0.25, 0.3) is 0 Å². The summed E-state index contributed by atoms with van der Waals surface area (Å²) in [5, 5.41) is 2.49. The third kappa shape index (κ3) is 2.03. The van der Waals surface area contributed by atoms with Gasteiger partial charge in [-0.15, -0.1) is 0 Å². The van der Waals surface area contributed by atoms with E-state index in [2.05, 4.69) is 79.2 Å². The van der Waals surface area contributed by atoms with E-state index >= 15 is 0 Å². The molecule has 0 saturated heterocycles. The smallest absolute Gasteiger partial charge is 0.228 e. The lowest BCUT2D eigenvalue weighted by molar-refractivity contribution is 0.0826. The van der Waals surface area contributed by atoms with E-state index in [4.69, 9.17) is 9.73 Å². The van der Waals surface area contributed by atoms with E-state index in [-0.39, 0.29) is 5.41 Å². The van der Waals surface area contributed by atoms with Crippen LogP contribution in [-0.4, -0.2) is 33.1 Å². The van der Waals surface area contributed by atoms with Crippen molar-refractivity contribution in [2.45, 2.75) is 25.0 Å². The topological polar surface area (TPSA) is 28.1 Å². The molecule has 28 heavy (non-hydrogen) atoms. The molecular formula is C24H25N3O. The van der Waals surface area contributed by atoms with E-state index in [0.717, 1.165) is 17.1 Å². The summed E-state index contributed by atoms with van der Waals surface area (Å²) in [5.74, 6) is 0.825. The first kappa shape index (κ1) is 17.1. The van der Waals surface area contributed by atoms with Gasteiger partial charge >= 0.3 is 0 Å². The van der Waals surface area contributed by atoms with E-state index in [1.807, 2.05) is 26.4 Å². The van der Waals surface area contributed by atoms with Crippen LogP contribution in [0, 0.1) is 0 Å². The molecule has 0 saturated carbocycles. The molecule has 2 aliphatic rings. The summed E-state index contributed by atoms with van der Waals surface area (Å²) in [7, 11) is 6.20. The molecule has 0 aromatic heterocycles. The second kappa shape index (κ2) is 5.51. The van der Waals surface area contributed by atoms with E-state index in [1.54, 1.807) is 0 Å². The minimum absolute atomic E-state index is 0.267. The molecule has 3 aromatic rings. The molecule has 0 radical (unpaired) electrons. The maximum atomic E-state index is 6.78. The first-order valence-electron chi connectivity index (χ1n) is 9.67. The standard InChI is InChI=1S/C24H25N3O/c1-23(2)19-12-10-16-8-6-7-9-18(16)22(19)27(5)24(23)15-25-20-13-11-17(26(3)4)14-21(20)28-24/h6-15H,1-5H3. The summed E-state index contributed by atoms with van der Waals surface area (Å²) in [6, 6.07) is 19.2. The molecule has 5 rings (SSSR count). The minimum Gasteiger partial charge on any atom is -0.459 e. The molecule has 4 nitrogen and oxygen atoms in total. The number of rotatable bonds is 1. The fourth-order valence-electron chi connectivity index (χ4n) is 4.66. The van der Waals surface area contributed by atoms with Crippen LogP contribution in [0.3, 0.4) is 0 Å². The zero-order valence-electron chi connectivity index (χ0n) is 17.0. The lowest BCUT2D eigenvalue weighted by Gasteiger charge is -2.45. The lowest BCUT2D eigenvalue weighted by atomic mass is 9.77. The number of hydrogen-bond acceptors (Lipinski definition) is 4. The first-order valence-corrected chi connectivity index (χ1v) is 9.67. The zero-order chi connectivity index (χ0) is 19.7. The largest absolute Gasteiger partial charge is 0.459 e. The Morgan fingerprint density at radius 3 is 2.57 bits per heavy atom. The normalized spacial score (nSPS) is 21.5. The van der Waals surface area contributed by atoms with Gasteiger partial charge in [-0.3, -0.25) is 4.99 Å². The number of aliphatic imine (C=N–C) groups is 1. The number of fused-ring (bicyclic) bond motifs is 4. The fraction of sp³-hybridized carbons (Fsp3) is 0.292. The third-order valence-corrected chi connectivity index (χ3v) is 6.41. The van der Waals surface area contributed by atoms with Gasteiger partial charge in [-0.2, -0.15) is 0 Å². The highest BCUT2D eigenvalue weighted by Crippen LogP contribution is 2.55. The number of nitrogens with zero attached hydrogens (tertiary/aromatic N) is 3. The van der Waals surface area contributed by atoms with Crippen molar-refractivity contribution in [3.63, 3.8) is 0 Å². The summed E-state index contributed by atoms with van der Waals surface area (Å²) >= 11 is 0. The molecule has 0 N–H and O–H groups in total. The van der Waals surface area contributed by atoms with Crippen LogP contribution in [-0.2, 0) is 5.41 Å². The SMILES string of the molecule is CN(C)c1ccc2c(c1)OC1(C=N2)N(C)c2c(ccc3ccccc23)C1(C)C. The van der Waals surface area contributed by atoms with E-state index in [9.17, 15) is 0 Å². The van der Waals surface area contributed by atoms with Crippen LogP contribution in [0.1, 0.15) is 19.4 Å². The lowest BCUT2D eigenvalue weighted by Crippen LogP contribution is -2.61. The van der Waals surface area contributed by atoms with E-state index < -0.39 is 5.72 Å². The highest BCUT2D eigenvalue weighted by atomic mass is 16.5. The average Bonchev–Trinajstić information content (AvgIpc) is 2.86. The predicted molar refractivity (Wildman–Crippen MR) is 118 cm³/mol. The Bertz CT molecular complexity index is 1130. The molecule has 0 fully saturated rings. The van der Waals surface area contributed by atoms with Gasteiger partial charge in [0.2, 0.25) is 5.72 Å². The van der Waals surface area contributed by atoms with Crippen LogP contribution in [0.15, 0.2) is 59.6 Å². The fourth-order valence-corrected chi connectivity index (χ4v) is 4.66. The summed E-state index contributed by atoms with van der Waals surface area (Å²) in [6.45, 7) is 4.49. The second-order valence-corrected chi connectivity index (χ2v) is 8.47. The van der Waals surface area contributed by atoms with Gasteiger partial charge in [-0.05, 0) is 36.9 Å². The average molecular weight is 371 g/mol. The second-order valence-electron chi connectivity index (χ2n) is 8.47.